The van der Waals surface area contributed by atoms with Crippen molar-refractivity contribution < 1.29 is 9.90 Å². The molecule has 0 aliphatic rings. The number of ketones is 1. The maximum absolute atomic E-state index is 12.4. The van der Waals surface area contributed by atoms with Crippen molar-refractivity contribution in [2.24, 2.45) is 4.99 Å². The van der Waals surface area contributed by atoms with Crippen LogP contribution in [-0.2, 0) is 0 Å². The summed E-state index contributed by atoms with van der Waals surface area (Å²) in [6.45, 7) is 0. The molecule has 4 heteroatoms. The first kappa shape index (κ1) is 17.8. The SMILES string of the molecule is O=C(C=Cc1ccc(Br)cc1)c1cccc(N=Cc2ccccc2O)c1. The number of phenolic OH excluding ortho intramolecular Hbond substituents is 1. The molecule has 0 heterocycles. The number of phenols is 1. The van der Waals surface area contributed by atoms with Gasteiger partial charge in [-0.2, -0.15) is 0 Å². The summed E-state index contributed by atoms with van der Waals surface area (Å²) in [5.41, 5.74) is 2.79. The summed E-state index contributed by atoms with van der Waals surface area (Å²) >= 11 is 3.39. The fourth-order valence-corrected chi connectivity index (χ4v) is 2.59. The molecule has 0 saturated heterocycles. The Labute approximate surface area is 160 Å². The Morgan fingerprint density at radius 3 is 2.50 bits per heavy atom. The third kappa shape index (κ3) is 4.77. The van der Waals surface area contributed by atoms with Crippen LogP contribution >= 0.6 is 15.9 Å². The number of halogens is 1. The standard InChI is InChI=1S/C22H16BrNO2/c23-19-11-8-16(9-12-19)10-13-22(26)17-5-3-6-20(14-17)24-15-18-4-1-2-7-21(18)25/h1-15,25H. The van der Waals surface area contributed by atoms with Gasteiger partial charge in [0, 0.05) is 21.8 Å². The fourth-order valence-electron chi connectivity index (χ4n) is 2.32. The van der Waals surface area contributed by atoms with E-state index in [0.29, 0.717) is 16.8 Å². The topological polar surface area (TPSA) is 49.7 Å². The Balaban J connectivity index is 1.75. The van der Waals surface area contributed by atoms with Gasteiger partial charge >= 0.3 is 0 Å². The molecule has 128 valence electrons. The number of nitrogens with zero attached hydrogens (tertiary/aromatic N) is 1. The highest BCUT2D eigenvalue weighted by Crippen LogP contribution is 2.18. The fraction of sp³-hybridized carbons (Fsp3) is 0. The second-order valence-corrected chi connectivity index (χ2v) is 6.53. The zero-order valence-electron chi connectivity index (χ0n) is 13.8. The highest BCUT2D eigenvalue weighted by Gasteiger charge is 2.03. The number of benzene rings is 3. The van der Waals surface area contributed by atoms with E-state index in [1.165, 1.54) is 0 Å². The van der Waals surface area contributed by atoms with Gasteiger partial charge in [0.15, 0.2) is 5.78 Å². The number of allylic oxidation sites excluding steroid dienone is 1. The zero-order chi connectivity index (χ0) is 18.4. The quantitative estimate of drug-likeness (QED) is 0.331. The predicted octanol–water partition coefficient (Wildman–Crippen LogP) is 5.80. The molecule has 0 spiro atoms. The minimum absolute atomic E-state index is 0.0903. The summed E-state index contributed by atoms with van der Waals surface area (Å²) < 4.78 is 0.996. The zero-order valence-corrected chi connectivity index (χ0v) is 15.4. The summed E-state index contributed by atoms with van der Waals surface area (Å²) in [7, 11) is 0. The van der Waals surface area contributed by atoms with Crippen LogP contribution in [0.4, 0.5) is 5.69 Å². The molecule has 1 N–H and O–H groups in total. The molecule has 3 rings (SSSR count). The highest BCUT2D eigenvalue weighted by molar-refractivity contribution is 9.10. The molecule has 0 saturated carbocycles. The molecular weight excluding hydrogens is 390 g/mol. The maximum Gasteiger partial charge on any atom is 0.185 e. The van der Waals surface area contributed by atoms with Crippen molar-refractivity contribution in [2.75, 3.05) is 0 Å². The largest absolute Gasteiger partial charge is 0.507 e. The van der Waals surface area contributed by atoms with Crippen LogP contribution in [0, 0.1) is 0 Å². The van der Waals surface area contributed by atoms with Crippen LogP contribution in [0.25, 0.3) is 6.08 Å². The lowest BCUT2D eigenvalue weighted by Gasteiger charge is -2.00. The van der Waals surface area contributed by atoms with Gasteiger partial charge in [-0.1, -0.05) is 58.4 Å². The second-order valence-electron chi connectivity index (χ2n) is 5.62. The van der Waals surface area contributed by atoms with E-state index in [1.54, 1.807) is 54.8 Å². The number of para-hydroxylation sites is 1. The van der Waals surface area contributed by atoms with Crippen molar-refractivity contribution in [3.05, 3.63) is 100 Å². The molecule has 0 unspecified atom stereocenters. The first-order valence-corrected chi connectivity index (χ1v) is 8.81. The summed E-state index contributed by atoms with van der Waals surface area (Å²) in [6, 6.07) is 21.8. The van der Waals surface area contributed by atoms with Gasteiger partial charge in [0.2, 0.25) is 0 Å². The van der Waals surface area contributed by atoms with Crippen LogP contribution in [0.2, 0.25) is 0 Å². The van der Waals surface area contributed by atoms with Gasteiger partial charge < -0.3 is 5.11 Å². The van der Waals surface area contributed by atoms with Gasteiger partial charge in [-0.3, -0.25) is 9.79 Å². The van der Waals surface area contributed by atoms with Crippen LogP contribution in [0.3, 0.4) is 0 Å². The van der Waals surface area contributed by atoms with E-state index in [-0.39, 0.29) is 11.5 Å². The van der Waals surface area contributed by atoms with Gasteiger partial charge in [-0.25, -0.2) is 0 Å². The van der Waals surface area contributed by atoms with Gasteiger partial charge in [-0.05, 0) is 48.0 Å². The molecule has 0 radical (unpaired) electrons. The summed E-state index contributed by atoms with van der Waals surface area (Å²) in [4.78, 5) is 16.7. The van der Waals surface area contributed by atoms with Crippen molar-refractivity contribution in [1.82, 2.24) is 0 Å². The Bertz CT molecular complexity index is 975. The van der Waals surface area contributed by atoms with Gasteiger partial charge in [-0.15, -0.1) is 0 Å². The van der Waals surface area contributed by atoms with Crippen LogP contribution in [0.5, 0.6) is 5.75 Å². The molecule has 0 amide bonds. The Hall–Kier alpha value is -2.98. The summed E-state index contributed by atoms with van der Waals surface area (Å²) in [5, 5.41) is 9.77. The third-order valence-electron chi connectivity index (χ3n) is 3.72. The average molecular weight is 406 g/mol. The molecule has 0 aliphatic heterocycles. The van der Waals surface area contributed by atoms with E-state index in [0.717, 1.165) is 10.0 Å². The van der Waals surface area contributed by atoms with Crippen LogP contribution in [0.15, 0.2) is 88.3 Å². The molecule has 0 bridgehead atoms. The smallest absolute Gasteiger partial charge is 0.185 e. The lowest BCUT2D eigenvalue weighted by molar-refractivity contribution is 0.104. The first-order valence-electron chi connectivity index (χ1n) is 8.02. The monoisotopic (exact) mass is 405 g/mol. The number of carbonyl (C=O) groups excluding carboxylic acids is 1. The van der Waals surface area contributed by atoms with Crippen molar-refractivity contribution in [3.8, 4) is 5.75 Å². The van der Waals surface area contributed by atoms with E-state index < -0.39 is 0 Å². The van der Waals surface area contributed by atoms with E-state index in [9.17, 15) is 9.90 Å². The number of hydrogen-bond acceptors (Lipinski definition) is 3. The lowest BCUT2D eigenvalue weighted by atomic mass is 10.1. The van der Waals surface area contributed by atoms with Crippen molar-refractivity contribution >= 4 is 39.7 Å². The Morgan fingerprint density at radius 1 is 0.962 bits per heavy atom. The number of rotatable bonds is 5. The lowest BCUT2D eigenvalue weighted by Crippen LogP contribution is -1.93. The average Bonchev–Trinajstić information content (AvgIpc) is 2.67. The van der Waals surface area contributed by atoms with Gasteiger partial charge in [0.25, 0.3) is 0 Å². The highest BCUT2D eigenvalue weighted by atomic mass is 79.9. The van der Waals surface area contributed by atoms with E-state index in [1.807, 2.05) is 36.4 Å². The summed E-state index contributed by atoms with van der Waals surface area (Å²) in [6.07, 6.45) is 4.92. The molecular formula is C22H16BrNO2. The van der Waals surface area contributed by atoms with Crippen molar-refractivity contribution in [3.63, 3.8) is 0 Å². The molecule has 0 aliphatic carbocycles. The van der Waals surface area contributed by atoms with E-state index >= 15 is 0 Å². The minimum Gasteiger partial charge on any atom is -0.507 e. The molecule has 0 aromatic heterocycles. The Morgan fingerprint density at radius 2 is 1.73 bits per heavy atom. The van der Waals surface area contributed by atoms with Crippen LogP contribution < -0.4 is 0 Å². The molecule has 0 fully saturated rings. The third-order valence-corrected chi connectivity index (χ3v) is 4.25. The first-order chi connectivity index (χ1) is 12.6. The van der Waals surface area contributed by atoms with E-state index in [2.05, 4.69) is 20.9 Å². The van der Waals surface area contributed by atoms with Crippen molar-refractivity contribution in [1.29, 1.82) is 0 Å². The number of hydrogen-bond donors (Lipinski definition) is 1. The van der Waals surface area contributed by atoms with Gasteiger partial charge in [0.1, 0.15) is 5.75 Å². The number of aliphatic imine (C=N–C) groups is 1. The van der Waals surface area contributed by atoms with Gasteiger partial charge in [0.05, 0.1) is 5.69 Å². The van der Waals surface area contributed by atoms with Crippen LogP contribution in [0.1, 0.15) is 21.5 Å². The number of aromatic hydroxyl groups is 1. The molecule has 3 nitrogen and oxygen atoms in total. The predicted molar refractivity (Wildman–Crippen MR) is 109 cm³/mol. The van der Waals surface area contributed by atoms with E-state index in [4.69, 9.17) is 0 Å². The molecule has 0 atom stereocenters. The molecule has 3 aromatic carbocycles. The number of carbonyl (C=O) groups is 1. The summed E-state index contributed by atoms with van der Waals surface area (Å²) in [5.74, 6) is 0.0773. The van der Waals surface area contributed by atoms with Crippen molar-refractivity contribution in [2.45, 2.75) is 0 Å². The minimum atomic E-state index is -0.0903. The maximum atomic E-state index is 12.4. The Kier molecular flexibility index (Phi) is 5.77. The second kappa shape index (κ2) is 8.41. The molecule has 3 aromatic rings. The molecule has 26 heavy (non-hydrogen) atoms. The van der Waals surface area contributed by atoms with Crippen LogP contribution in [-0.4, -0.2) is 17.1 Å². The normalized spacial score (nSPS) is 11.3.